The largest absolute Gasteiger partial charge is 0.462 e. The van der Waals surface area contributed by atoms with Crippen LogP contribution in [0.3, 0.4) is 0 Å². The van der Waals surface area contributed by atoms with E-state index < -0.39 is 36.0 Å². The number of ether oxygens (including phenoxy) is 2. The van der Waals surface area contributed by atoms with Gasteiger partial charge in [0.05, 0.1) is 28.9 Å². The van der Waals surface area contributed by atoms with Gasteiger partial charge in [-0.15, -0.1) is 0 Å². The number of nitriles is 2. The maximum absolute atomic E-state index is 14.1. The minimum Gasteiger partial charge on any atom is -0.462 e. The van der Waals surface area contributed by atoms with Gasteiger partial charge in [-0.05, 0) is 76.4 Å². The fourth-order valence-electron chi connectivity index (χ4n) is 5.40. The number of carbonyl (C=O) groups is 1. The molecule has 0 aromatic heterocycles. The van der Waals surface area contributed by atoms with Gasteiger partial charge < -0.3 is 9.47 Å². The van der Waals surface area contributed by atoms with Gasteiger partial charge in [-0.2, -0.15) is 23.7 Å². The number of hydrogen-bond donors (Lipinski definition) is 0. The number of benzene rings is 4. The fourth-order valence-corrected chi connectivity index (χ4v) is 5.40. The third kappa shape index (κ3) is 8.49. The van der Waals surface area contributed by atoms with E-state index in [1.165, 1.54) is 18.2 Å². The Morgan fingerprint density at radius 1 is 0.896 bits per heavy atom. The van der Waals surface area contributed by atoms with Crippen LogP contribution in [0.15, 0.2) is 60.7 Å². The van der Waals surface area contributed by atoms with Gasteiger partial charge >= 0.3 is 12.1 Å². The van der Waals surface area contributed by atoms with Gasteiger partial charge in [-0.3, -0.25) is 0 Å². The lowest BCUT2D eigenvalue weighted by atomic mass is 9.82. The summed E-state index contributed by atoms with van der Waals surface area (Å²) in [4.78, 5) is 12.8. The van der Waals surface area contributed by atoms with E-state index in [-0.39, 0.29) is 56.9 Å². The first kappa shape index (κ1) is 35.9. The number of halogens is 5. The van der Waals surface area contributed by atoms with Gasteiger partial charge in [0.15, 0.2) is 0 Å². The van der Waals surface area contributed by atoms with E-state index in [1.54, 1.807) is 30.3 Å². The molecule has 0 saturated carbocycles. The number of hydrogen-bond acceptors (Lipinski definition) is 5. The van der Waals surface area contributed by atoms with Crippen molar-refractivity contribution in [2.24, 2.45) is 0 Å². The molecule has 4 aromatic rings. The van der Waals surface area contributed by atoms with Crippen molar-refractivity contribution in [2.45, 2.75) is 77.8 Å². The van der Waals surface area contributed by atoms with Crippen LogP contribution in [0.2, 0.25) is 0 Å². The van der Waals surface area contributed by atoms with Crippen molar-refractivity contribution >= 4 is 16.7 Å². The molecule has 0 heterocycles. The van der Waals surface area contributed by atoms with Crippen molar-refractivity contribution in [3.8, 4) is 34.8 Å². The summed E-state index contributed by atoms with van der Waals surface area (Å²) in [5, 5.41) is 20.8. The van der Waals surface area contributed by atoms with Crippen LogP contribution in [0.1, 0.15) is 91.6 Å². The Labute approximate surface area is 276 Å². The zero-order valence-corrected chi connectivity index (χ0v) is 27.1. The van der Waals surface area contributed by atoms with E-state index in [0.29, 0.717) is 11.5 Å². The minimum atomic E-state index is -4.88. The Hall–Kier alpha value is -4.96. The molecule has 0 aliphatic carbocycles. The quantitative estimate of drug-likeness (QED) is 0.0907. The molecule has 0 aliphatic rings. The standard InChI is InChI=1S/C38H35F5N2O3/c1-5-6-7-8-12-47-36(46)24-10-9-11-30(19-24)48-32-20-28(37(2,3)4)17-26-16-27(21-44)31(22-45)34(35(26)32)25-13-23(15-33(39)40)14-29(18-25)38(41,42)43/h9-11,13-14,16-20,33H,5-8,12,15H2,1-4H3. The Balaban J connectivity index is 1.98. The minimum absolute atomic E-state index is 0.0636. The van der Waals surface area contributed by atoms with E-state index in [9.17, 15) is 37.3 Å². The van der Waals surface area contributed by atoms with Gasteiger partial charge in [0.2, 0.25) is 6.43 Å². The van der Waals surface area contributed by atoms with Crippen LogP contribution in [0.5, 0.6) is 11.5 Å². The first-order valence-corrected chi connectivity index (χ1v) is 15.6. The average Bonchev–Trinajstić information content (AvgIpc) is 3.02. The second-order valence-corrected chi connectivity index (χ2v) is 12.6. The molecule has 0 aliphatic heterocycles. The molecule has 0 radical (unpaired) electrons. The van der Waals surface area contributed by atoms with Crippen LogP contribution >= 0.6 is 0 Å². The number of rotatable bonds is 11. The molecule has 10 heteroatoms. The third-order valence-corrected chi connectivity index (χ3v) is 7.83. The highest BCUT2D eigenvalue weighted by molar-refractivity contribution is 6.05. The second-order valence-electron chi connectivity index (χ2n) is 12.6. The van der Waals surface area contributed by atoms with Crippen molar-refractivity contribution < 1.29 is 36.2 Å². The summed E-state index contributed by atoms with van der Waals surface area (Å²) >= 11 is 0. The Morgan fingerprint density at radius 3 is 2.27 bits per heavy atom. The number of fused-ring (bicyclic) bond motifs is 1. The SMILES string of the molecule is CCCCCCOC(=O)c1cccc(Oc2cc(C(C)(C)C)cc3cc(C#N)c(C#N)c(-c4cc(CC(F)F)cc(C(F)(F)F)c4)c23)c1. The fraction of sp³-hybridized carbons (Fsp3) is 0.342. The summed E-state index contributed by atoms with van der Waals surface area (Å²) in [6.07, 6.45) is -5.03. The van der Waals surface area contributed by atoms with Crippen molar-refractivity contribution in [3.63, 3.8) is 0 Å². The number of nitrogens with zero attached hydrogens (tertiary/aromatic N) is 2. The van der Waals surface area contributed by atoms with Crippen molar-refractivity contribution in [2.75, 3.05) is 6.61 Å². The van der Waals surface area contributed by atoms with Crippen LogP contribution < -0.4 is 4.74 Å². The Morgan fingerprint density at radius 2 is 1.65 bits per heavy atom. The van der Waals surface area contributed by atoms with E-state index in [1.807, 2.05) is 32.9 Å². The van der Waals surface area contributed by atoms with Gasteiger partial charge in [-0.1, -0.05) is 65.2 Å². The topological polar surface area (TPSA) is 83.1 Å². The van der Waals surface area contributed by atoms with Crippen molar-refractivity contribution in [3.05, 3.63) is 94.0 Å². The van der Waals surface area contributed by atoms with E-state index in [4.69, 9.17) is 9.47 Å². The van der Waals surface area contributed by atoms with Crippen LogP contribution in [-0.4, -0.2) is 19.0 Å². The molecule has 0 unspecified atom stereocenters. The monoisotopic (exact) mass is 662 g/mol. The lowest BCUT2D eigenvalue weighted by Gasteiger charge is -2.23. The highest BCUT2D eigenvalue weighted by Gasteiger charge is 2.32. The molecule has 5 nitrogen and oxygen atoms in total. The third-order valence-electron chi connectivity index (χ3n) is 7.83. The molecule has 0 spiro atoms. The molecule has 0 bridgehead atoms. The number of alkyl halides is 5. The van der Waals surface area contributed by atoms with Crippen LogP contribution in [0, 0.1) is 22.7 Å². The second kappa shape index (κ2) is 14.9. The van der Waals surface area contributed by atoms with E-state index in [2.05, 4.69) is 6.92 Å². The van der Waals surface area contributed by atoms with Gasteiger partial charge in [-0.25, -0.2) is 13.6 Å². The maximum atomic E-state index is 14.1. The van der Waals surface area contributed by atoms with Crippen LogP contribution in [0.4, 0.5) is 22.0 Å². The van der Waals surface area contributed by atoms with Gasteiger partial charge in [0.1, 0.15) is 23.6 Å². The summed E-state index contributed by atoms with van der Waals surface area (Å²) in [5.74, 6) is -0.211. The molecule has 48 heavy (non-hydrogen) atoms. The summed E-state index contributed by atoms with van der Waals surface area (Å²) in [6, 6.07) is 17.6. The Kier molecular flexibility index (Phi) is 11.1. The zero-order valence-electron chi connectivity index (χ0n) is 27.1. The molecule has 4 aromatic carbocycles. The highest BCUT2D eigenvalue weighted by atomic mass is 19.4. The summed E-state index contributed by atoms with van der Waals surface area (Å²) in [7, 11) is 0. The molecule has 0 atom stereocenters. The summed E-state index contributed by atoms with van der Waals surface area (Å²) in [6.45, 7) is 8.15. The summed E-state index contributed by atoms with van der Waals surface area (Å²) < 4.78 is 80.8. The maximum Gasteiger partial charge on any atom is 0.416 e. The molecule has 0 fully saturated rings. The zero-order chi connectivity index (χ0) is 35.2. The van der Waals surface area contributed by atoms with E-state index >= 15 is 0 Å². The lowest BCUT2D eigenvalue weighted by Crippen LogP contribution is -2.11. The van der Waals surface area contributed by atoms with Crippen LogP contribution in [0.25, 0.3) is 21.9 Å². The van der Waals surface area contributed by atoms with Gasteiger partial charge in [0, 0.05) is 17.4 Å². The predicted octanol–water partition coefficient (Wildman–Crippen LogP) is 10.9. The lowest BCUT2D eigenvalue weighted by molar-refractivity contribution is -0.137. The van der Waals surface area contributed by atoms with Crippen LogP contribution in [-0.2, 0) is 22.7 Å². The molecular weight excluding hydrogens is 627 g/mol. The normalized spacial score (nSPS) is 11.8. The molecule has 0 N–H and O–H groups in total. The van der Waals surface area contributed by atoms with Crippen molar-refractivity contribution in [1.29, 1.82) is 10.5 Å². The molecule has 4 rings (SSSR count). The summed E-state index contributed by atoms with van der Waals surface area (Å²) in [5.41, 5.74) is -1.53. The van der Waals surface area contributed by atoms with Crippen molar-refractivity contribution in [1.82, 2.24) is 0 Å². The first-order valence-electron chi connectivity index (χ1n) is 15.6. The predicted molar refractivity (Wildman–Crippen MR) is 173 cm³/mol. The number of unbranched alkanes of at least 4 members (excludes halogenated alkanes) is 3. The molecule has 250 valence electrons. The number of esters is 1. The molecule has 0 amide bonds. The molecule has 0 saturated heterocycles. The molecular formula is C38H35F5N2O3. The number of carbonyl (C=O) groups excluding carboxylic acids is 1. The Bertz CT molecular complexity index is 1900. The highest BCUT2D eigenvalue weighted by Crippen LogP contribution is 2.45. The smallest absolute Gasteiger partial charge is 0.416 e. The average molecular weight is 663 g/mol. The van der Waals surface area contributed by atoms with E-state index in [0.717, 1.165) is 37.3 Å². The van der Waals surface area contributed by atoms with Gasteiger partial charge in [0.25, 0.3) is 0 Å². The first-order chi connectivity index (χ1) is 22.7.